The number of nitrogens with two attached hydrogens (primary N) is 2. The SMILES string of the molecule is CCOC(=O)c1nnc(Br)o1.CCOC(=O)c1nnc(Nc2nc3ncc(Cl)cc3o2)o1.Clc1cnc2nc(Nc3nnco3)oc2c1.Nc1nc2ncc(Cl)cc2o1.Nc1ncc(Cl)cc1O. The van der Waals surface area contributed by atoms with Crippen molar-refractivity contribution in [3.63, 3.8) is 0 Å². The highest BCUT2D eigenvalue weighted by molar-refractivity contribution is 9.10. The van der Waals surface area contributed by atoms with Gasteiger partial charge in [0.05, 0.1) is 33.3 Å². The molecule has 0 fully saturated rings. The summed E-state index contributed by atoms with van der Waals surface area (Å²) in [5, 5.41) is 37.0. The van der Waals surface area contributed by atoms with Gasteiger partial charge in [-0.2, -0.15) is 15.0 Å². The van der Waals surface area contributed by atoms with Crippen molar-refractivity contribution in [3.8, 4) is 5.75 Å². The van der Waals surface area contributed by atoms with E-state index in [-0.39, 0.29) is 64.8 Å². The molecule has 0 aromatic carbocycles. The van der Waals surface area contributed by atoms with Crippen LogP contribution in [0.3, 0.4) is 0 Å². The number of rotatable bonds is 8. The normalized spacial score (nSPS) is 10.4. The number of nitrogens with zero attached hydrogens (tertiary/aromatic N) is 13. The Kier molecular flexibility index (Phi) is 17.1. The van der Waals surface area contributed by atoms with E-state index in [0.29, 0.717) is 60.4 Å². The summed E-state index contributed by atoms with van der Waals surface area (Å²) in [6, 6.07) is 6.68. The number of nitrogens with one attached hydrogen (secondary N) is 2. The first-order valence-corrected chi connectivity index (χ1v) is 20.5. The molecule has 10 aromatic rings. The van der Waals surface area contributed by atoms with E-state index < -0.39 is 11.9 Å². The lowest BCUT2D eigenvalue weighted by atomic mass is 10.4. The third-order valence-electron chi connectivity index (χ3n) is 7.03. The molecule has 0 radical (unpaired) electrons. The minimum Gasteiger partial charge on any atom is -0.504 e. The van der Waals surface area contributed by atoms with Gasteiger partial charge in [-0.05, 0) is 13.8 Å². The average molecular weight is 1080 g/mol. The number of ether oxygens (including phenoxy) is 2. The number of carbonyl (C=O) groups excluding carboxylic acids is 2. The fourth-order valence-corrected chi connectivity index (χ4v) is 5.22. The van der Waals surface area contributed by atoms with Gasteiger partial charge in [0, 0.05) is 65.0 Å². The molecule has 0 saturated carbocycles. The Hall–Kier alpha value is -7.99. The summed E-state index contributed by atoms with van der Waals surface area (Å²) in [4.78, 5) is 49.7. The van der Waals surface area contributed by atoms with Crippen molar-refractivity contribution in [2.45, 2.75) is 13.8 Å². The second kappa shape index (κ2) is 23.5. The highest BCUT2D eigenvalue weighted by Crippen LogP contribution is 2.24. The molecule has 0 saturated heterocycles. The maximum Gasteiger partial charge on any atom is 0.396 e. The summed E-state index contributed by atoms with van der Waals surface area (Å²) >= 11 is 25.5. The molecule has 10 aromatic heterocycles. The number of halogens is 5. The summed E-state index contributed by atoms with van der Waals surface area (Å²) in [7, 11) is 0. The van der Waals surface area contributed by atoms with Crippen molar-refractivity contribution in [3.05, 3.63) is 92.1 Å². The second-order valence-corrected chi connectivity index (χ2v) is 14.2. The van der Waals surface area contributed by atoms with Crippen LogP contribution in [0.4, 0.5) is 35.9 Å². The molecule has 28 nitrogen and oxygen atoms in total. The van der Waals surface area contributed by atoms with E-state index in [4.69, 9.17) is 94.2 Å². The molecule has 0 aliphatic carbocycles. The monoisotopic (exact) mass is 1080 g/mol. The zero-order chi connectivity index (χ0) is 48.7. The molecule has 0 atom stereocenters. The van der Waals surface area contributed by atoms with Crippen LogP contribution < -0.4 is 22.1 Å². The van der Waals surface area contributed by atoms with Crippen LogP contribution in [0.2, 0.25) is 20.1 Å². The van der Waals surface area contributed by atoms with E-state index in [1.807, 2.05) is 0 Å². The van der Waals surface area contributed by atoms with Gasteiger partial charge in [0.1, 0.15) is 0 Å². The summed E-state index contributed by atoms with van der Waals surface area (Å²) in [6.07, 6.45) is 6.99. The van der Waals surface area contributed by atoms with Crippen LogP contribution in [-0.4, -0.2) is 95.7 Å². The van der Waals surface area contributed by atoms with E-state index >= 15 is 0 Å². The van der Waals surface area contributed by atoms with Crippen molar-refractivity contribution in [2.75, 3.05) is 35.3 Å². The van der Waals surface area contributed by atoms with Gasteiger partial charge in [0.2, 0.25) is 23.3 Å². The summed E-state index contributed by atoms with van der Waals surface area (Å²) in [5.41, 5.74) is 13.1. The van der Waals surface area contributed by atoms with E-state index in [0.717, 1.165) is 0 Å². The first-order valence-electron chi connectivity index (χ1n) is 18.2. The number of pyridine rings is 4. The highest BCUT2D eigenvalue weighted by Gasteiger charge is 2.18. The molecular weight excluding hydrogens is 1060 g/mol. The molecule has 0 bridgehead atoms. The maximum atomic E-state index is 11.4. The molecule has 0 aliphatic heterocycles. The topological polar surface area (TPSA) is 395 Å². The summed E-state index contributed by atoms with van der Waals surface area (Å²) in [6.45, 7) is 3.87. The van der Waals surface area contributed by atoms with Gasteiger partial charge < -0.3 is 52.6 Å². The van der Waals surface area contributed by atoms with Gasteiger partial charge in [-0.3, -0.25) is 10.6 Å². The number of esters is 2. The molecule has 68 heavy (non-hydrogen) atoms. The van der Waals surface area contributed by atoms with Crippen molar-refractivity contribution < 1.29 is 50.7 Å². The predicted octanol–water partition coefficient (Wildman–Crippen LogP) is 7.67. The second-order valence-electron chi connectivity index (χ2n) is 11.8. The number of aromatic hydroxyl groups is 1. The van der Waals surface area contributed by atoms with E-state index in [9.17, 15) is 9.59 Å². The number of oxazole rings is 3. The van der Waals surface area contributed by atoms with Gasteiger partial charge >= 0.3 is 47.8 Å². The number of aromatic nitrogens is 13. The minimum absolute atomic E-state index is 0.0595. The first-order chi connectivity index (χ1) is 32.7. The predicted molar refractivity (Wildman–Crippen MR) is 239 cm³/mol. The molecule has 0 amide bonds. The lowest BCUT2D eigenvalue weighted by Crippen LogP contribution is -2.04. The molecule has 352 valence electrons. The third-order valence-corrected chi connectivity index (χ3v) is 8.18. The van der Waals surface area contributed by atoms with E-state index in [1.54, 1.807) is 32.0 Å². The van der Waals surface area contributed by atoms with Crippen molar-refractivity contribution in [1.29, 1.82) is 0 Å². The quantitative estimate of drug-likeness (QED) is 0.0910. The maximum absolute atomic E-state index is 11.4. The van der Waals surface area contributed by atoms with Crippen LogP contribution in [-0.2, 0) is 9.47 Å². The van der Waals surface area contributed by atoms with Crippen LogP contribution in [0.5, 0.6) is 5.75 Å². The minimum atomic E-state index is -0.705. The first kappa shape index (κ1) is 49.4. The smallest absolute Gasteiger partial charge is 0.396 e. The van der Waals surface area contributed by atoms with Gasteiger partial charge in [-0.15, -0.1) is 10.2 Å². The fourth-order valence-electron chi connectivity index (χ4n) is 4.39. The average Bonchev–Trinajstić information content (AvgIpc) is 4.17. The number of nitrogen functional groups attached to an aromatic ring is 2. The Bertz CT molecular complexity index is 3260. The van der Waals surface area contributed by atoms with Crippen molar-refractivity contribution in [1.82, 2.24) is 65.5 Å². The molecule has 0 spiro atoms. The molecular formula is C35H26BrCl4N17O11. The summed E-state index contributed by atoms with van der Waals surface area (Å²) < 4.78 is 39.6. The van der Waals surface area contributed by atoms with Gasteiger partial charge in [0.15, 0.2) is 28.3 Å². The Morgan fingerprint density at radius 3 is 1.59 bits per heavy atom. The van der Waals surface area contributed by atoms with E-state index in [1.165, 1.54) is 37.2 Å². The summed E-state index contributed by atoms with van der Waals surface area (Å²) in [5.74, 6) is -1.70. The van der Waals surface area contributed by atoms with Crippen molar-refractivity contribution in [2.24, 2.45) is 0 Å². The molecule has 0 unspecified atom stereocenters. The lowest BCUT2D eigenvalue weighted by Gasteiger charge is -1.94. The van der Waals surface area contributed by atoms with Crippen LogP contribution in [0, 0.1) is 0 Å². The van der Waals surface area contributed by atoms with Crippen LogP contribution >= 0.6 is 62.3 Å². The zero-order valence-corrected chi connectivity index (χ0v) is 38.6. The molecule has 7 N–H and O–H groups in total. The zero-order valence-electron chi connectivity index (χ0n) is 34.0. The van der Waals surface area contributed by atoms with Gasteiger partial charge in [-0.1, -0.05) is 66.8 Å². The van der Waals surface area contributed by atoms with Crippen molar-refractivity contribution >= 4 is 144 Å². The number of anilines is 6. The third kappa shape index (κ3) is 14.3. The standard InChI is InChI=1S/C11H8ClN5O4.C8H4ClN5O2.C6H4ClN3O.C5H5BrN2O3.C5H5ClN2O/c1-2-19-9(18)8-16-17-11(21-8)15-10-14-7-6(20-10)3-5(12)4-13-7;9-4-1-5-6(10-2-4)12-7(16-5)13-8-14-11-3-15-8;7-3-1-4-5(9-2-3)10-6(8)11-4;1-2-10-4(9)3-7-8-5(6)11-3;6-3-1-4(9)5(7)8-2-3/h3-4H,2H2,1H3,(H,13,14,15,17);1-3H,(H,10,12,13,14);1-2H,(H2,8,9,10);2H2,1H3;1-2,9H,(H2,7,8). The Morgan fingerprint density at radius 1 is 0.618 bits per heavy atom. The number of fused-ring (bicyclic) bond motifs is 3. The number of hydrogen-bond donors (Lipinski definition) is 5. The van der Waals surface area contributed by atoms with Crippen LogP contribution in [0.15, 0.2) is 86.7 Å². The number of carbonyl (C=O) groups is 2. The van der Waals surface area contributed by atoms with Gasteiger partial charge in [-0.25, -0.2) is 29.5 Å². The Labute approximate surface area is 405 Å². The Morgan fingerprint density at radius 2 is 1.10 bits per heavy atom. The van der Waals surface area contributed by atoms with Crippen LogP contribution in [0.25, 0.3) is 33.7 Å². The molecule has 33 heteroatoms. The van der Waals surface area contributed by atoms with Crippen LogP contribution in [0.1, 0.15) is 35.2 Å². The molecule has 0 aliphatic rings. The molecule has 10 heterocycles. The van der Waals surface area contributed by atoms with Gasteiger partial charge in [0.25, 0.3) is 10.8 Å². The highest BCUT2D eigenvalue weighted by atomic mass is 79.9. The molecule has 10 rings (SSSR count). The lowest BCUT2D eigenvalue weighted by molar-refractivity contribution is 0.0472. The number of hydrogen-bond acceptors (Lipinski definition) is 28. The largest absolute Gasteiger partial charge is 0.504 e. The van der Waals surface area contributed by atoms with E-state index in [2.05, 4.69) is 96.8 Å². The Balaban J connectivity index is 0.000000145. The fraction of sp³-hybridized carbons (Fsp3) is 0.114.